The monoisotopic (exact) mass is 416 g/mol. The Bertz CT molecular complexity index is 1440. The molecule has 31 heavy (non-hydrogen) atoms. The van der Waals surface area contributed by atoms with Crippen LogP contribution in [0.3, 0.4) is 0 Å². The van der Waals surface area contributed by atoms with Gasteiger partial charge in [-0.1, -0.05) is 30.3 Å². The Balaban J connectivity index is 1.89. The summed E-state index contributed by atoms with van der Waals surface area (Å²) in [7, 11) is 4.52. The molecule has 0 saturated carbocycles. The average Bonchev–Trinajstić information content (AvgIpc) is 3.07. The Morgan fingerprint density at radius 1 is 1.00 bits per heavy atom. The lowest BCUT2D eigenvalue weighted by molar-refractivity contribution is 0.103. The summed E-state index contributed by atoms with van der Waals surface area (Å²) >= 11 is 0. The van der Waals surface area contributed by atoms with Crippen molar-refractivity contribution < 1.29 is 14.6 Å². The fourth-order valence-corrected chi connectivity index (χ4v) is 4.80. The first-order valence-electron chi connectivity index (χ1n) is 9.88. The number of aromatic hydroxyl groups is 1. The van der Waals surface area contributed by atoms with Crippen molar-refractivity contribution in [1.82, 2.24) is 9.13 Å². The van der Waals surface area contributed by atoms with Crippen LogP contribution in [-0.4, -0.2) is 27.1 Å². The molecule has 156 valence electrons. The largest absolute Gasteiger partial charge is 0.504 e. The zero-order valence-corrected chi connectivity index (χ0v) is 17.3. The predicted molar refractivity (Wildman–Crippen MR) is 115 cm³/mol. The lowest BCUT2D eigenvalue weighted by Crippen LogP contribution is -2.43. The third-order valence-corrected chi connectivity index (χ3v) is 6.35. The van der Waals surface area contributed by atoms with Crippen LogP contribution in [0, 0.1) is 0 Å². The van der Waals surface area contributed by atoms with E-state index in [2.05, 4.69) is 0 Å². The van der Waals surface area contributed by atoms with Crippen LogP contribution in [0.1, 0.15) is 38.7 Å². The van der Waals surface area contributed by atoms with E-state index in [0.717, 1.165) is 15.7 Å². The van der Waals surface area contributed by atoms with E-state index >= 15 is 0 Å². The van der Waals surface area contributed by atoms with Crippen LogP contribution < -0.4 is 16.0 Å². The van der Waals surface area contributed by atoms with Crippen molar-refractivity contribution >= 4 is 11.4 Å². The lowest BCUT2D eigenvalue weighted by Gasteiger charge is -2.29. The normalized spacial score (nSPS) is 16.7. The molecule has 0 radical (unpaired) electrons. The van der Waals surface area contributed by atoms with Gasteiger partial charge in [0.2, 0.25) is 0 Å². The maximum Gasteiger partial charge on any atom is 0.330 e. The van der Waals surface area contributed by atoms with Gasteiger partial charge in [-0.2, -0.15) is 0 Å². The summed E-state index contributed by atoms with van der Waals surface area (Å²) in [5, 5.41) is 10.1. The number of ketones is 1. The molecule has 2 aliphatic carbocycles. The number of benzene rings is 2. The summed E-state index contributed by atoms with van der Waals surface area (Å²) in [5.74, 6) is -0.592. The minimum atomic E-state index is -0.682. The molecule has 1 unspecified atom stereocenters. The third kappa shape index (κ3) is 2.49. The van der Waals surface area contributed by atoms with Gasteiger partial charge in [0.05, 0.1) is 7.11 Å². The highest BCUT2D eigenvalue weighted by Crippen LogP contribution is 2.48. The van der Waals surface area contributed by atoms with E-state index in [9.17, 15) is 19.5 Å². The molecule has 7 heteroatoms. The van der Waals surface area contributed by atoms with Crippen LogP contribution in [0.25, 0.3) is 5.57 Å². The molecule has 5 rings (SSSR count). The summed E-state index contributed by atoms with van der Waals surface area (Å²) < 4.78 is 7.83. The van der Waals surface area contributed by atoms with Gasteiger partial charge >= 0.3 is 5.69 Å². The Hall–Kier alpha value is -3.87. The molecule has 0 spiro atoms. The molecule has 1 aromatic heterocycles. The van der Waals surface area contributed by atoms with Crippen molar-refractivity contribution in [2.45, 2.75) is 12.3 Å². The van der Waals surface area contributed by atoms with Crippen LogP contribution in [0.5, 0.6) is 11.5 Å². The number of hydrogen-bond donors (Lipinski definition) is 1. The fourth-order valence-electron chi connectivity index (χ4n) is 4.80. The maximum absolute atomic E-state index is 13.5. The average molecular weight is 416 g/mol. The molecular weight excluding hydrogens is 396 g/mol. The Morgan fingerprint density at radius 3 is 2.42 bits per heavy atom. The second kappa shape index (κ2) is 6.57. The van der Waals surface area contributed by atoms with E-state index in [1.54, 1.807) is 25.2 Å². The molecule has 1 N–H and O–H groups in total. The van der Waals surface area contributed by atoms with E-state index in [-0.39, 0.29) is 17.3 Å². The van der Waals surface area contributed by atoms with Crippen molar-refractivity contribution in [2.75, 3.05) is 7.11 Å². The number of phenolic OH excluding ortho intramolecular Hbond substituents is 1. The Kier molecular flexibility index (Phi) is 4.05. The van der Waals surface area contributed by atoms with Gasteiger partial charge in [0.15, 0.2) is 17.3 Å². The number of Topliss-reactive ketones (excluding diaryl/α,β-unsaturated/α-hetero) is 1. The minimum absolute atomic E-state index is 0.0362. The number of ether oxygens (including phenoxy) is 1. The minimum Gasteiger partial charge on any atom is -0.504 e. The second-order valence-electron chi connectivity index (χ2n) is 7.87. The number of carbonyl (C=O) groups excluding carboxylic acids is 1. The van der Waals surface area contributed by atoms with Gasteiger partial charge in [0.1, 0.15) is 0 Å². The SMILES string of the molecule is COc1cc(C2C3=C(Cc4c2c(=O)n(C)c(=O)n4C)c2ccccc2C3=O)ccc1O. The number of fused-ring (bicyclic) bond motifs is 3. The molecule has 0 saturated heterocycles. The molecule has 2 aromatic carbocycles. The van der Waals surface area contributed by atoms with Crippen molar-refractivity contribution in [3.8, 4) is 11.5 Å². The second-order valence-corrected chi connectivity index (χ2v) is 7.87. The summed E-state index contributed by atoms with van der Waals surface area (Å²) in [4.78, 5) is 39.4. The van der Waals surface area contributed by atoms with E-state index in [4.69, 9.17) is 4.74 Å². The lowest BCUT2D eigenvalue weighted by atomic mass is 9.76. The summed E-state index contributed by atoms with van der Waals surface area (Å²) in [6, 6.07) is 12.2. The fraction of sp³-hybridized carbons (Fsp3) is 0.208. The summed E-state index contributed by atoms with van der Waals surface area (Å²) in [6.45, 7) is 0. The van der Waals surface area contributed by atoms with Crippen LogP contribution in [0.15, 0.2) is 57.6 Å². The predicted octanol–water partition coefficient (Wildman–Crippen LogP) is 2.14. The number of nitrogens with zero attached hydrogens (tertiary/aromatic N) is 2. The molecular formula is C24H20N2O5. The molecule has 0 bridgehead atoms. The highest BCUT2D eigenvalue weighted by Gasteiger charge is 2.42. The summed E-state index contributed by atoms with van der Waals surface area (Å²) in [5.41, 5.74) is 3.59. The molecule has 0 aliphatic heterocycles. The number of allylic oxidation sites excluding steroid dienone is 2. The first-order valence-corrected chi connectivity index (χ1v) is 9.88. The topological polar surface area (TPSA) is 90.5 Å². The number of hydrogen-bond acceptors (Lipinski definition) is 5. The Morgan fingerprint density at radius 2 is 1.71 bits per heavy atom. The van der Waals surface area contributed by atoms with Crippen LogP contribution in [0.4, 0.5) is 0 Å². The number of aromatic nitrogens is 2. The molecule has 3 aromatic rings. The highest BCUT2D eigenvalue weighted by atomic mass is 16.5. The number of methoxy groups -OCH3 is 1. The van der Waals surface area contributed by atoms with Gasteiger partial charge in [0, 0.05) is 48.8 Å². The number of carbonyl (C=O) groups is 1. The van der Waals surface area contributed by atoms with Gasteiger partial charge in [0.25, 0.3) is 5.56 Å². The molecule has 2 aliphatic rings. The van der Waals surface area contributed by atoms with Crippen molar-refractivity contribution in [1.29, 1.82) is 0 Å². The molecule has 0 amide bonds. The van der Waals surface area contributed by atoms with Crippen LogP contribution in [-0.2, 0) is 20.5 Å². The quantitative estimate of drug-likeness (QED) is 0.691. The smallest absolute Gasteiger partial charge is 0.330 e. The van der Waals surface area contributed by atoms with Crippen molar-refractivity contribution in [2.24, 2.45) is 14.1 Å². The van der Waals surface area contributed by atoms with Gasteiger partial charge in [-0.25, -0.2) is 4.79 Å². The van der Waals surface area contributed by atoms with Crippen molar-refractivity contribution in [3.63, 3.8) is 0 Å². The van der Waals surface area contributed by atoms with E-state index in [1.165, 1.54) is 24.8 Å². The maximum atomic E-state index is 13.5. The third-order valence-electron chi connectivity index (χ3n) is 6.35. The molecule has 1 heterocycles. The standard InChI is InChI=1S/C24H20N2O5/c1-25-16-11-15-13-6-4-5-7-14(13)22(28)20(15)19(21(16)23(29)26(2)24(25)30)12-8-9-17(27)18(10-12)31-3/h4-10,19,27H,11H2,1-3H3. The molecule has 0 fully saturated rings. The van der Waals surface area contributed by atoms with E-state index in [1.807, 2.05) is 18.2 Å². The number of phenols is 1. The zero-order chi connectivity index (χ0) is 22.0. The Labute approximate surface area is 177 Å². The molecule has 1 atom stereocenters. The first-order chi connectivity index (χ1) is 14.8. The van der Waals surface area contributed by atoms with E-state index < -0.39 is 17.2 Å². The van der Waals surface area contributed by atoms with Crippen LogP contribution in [0.2, 0.25) is 0 Å². The van der Waals surface area contributed by atoms with E-state index in [0.29, 0.717) is 34.4 Å². The van der Waals surface area contributed by atoms with Crippen molar-refractivity contribution in [3.05, 3.63) is 96.8 Å². The highest BCUT2D eigenvalue weighted by molar-refractivity contribution is 6.22. The van der Waals surface area contributed by atoms with Gasteiger partial charge < -0.3 is 9.84 Å². The zero-order valence-electron chi connectivity index (χ0n) is 17.3. The van der Waals surface area contributed by atoms with Gasteiger partial charge in [-0.15, -0.1) is 0 Å². The summed E-state index contributed by atoms with van der Waals surface area (Å²) in [6.07, 6.45) is 0.320. The van der Waals surface area contributed by atoms with Gasteiger partial charge in [-0.05, 0) is 28.8 Å². The van der Waals surface area contributed by atoms with Gasteiger partial charge in [-0.3, -0.25) is 18.7 Å². The first kappa shape index (κ1) is 19.1. The van der Waals surface area contributed by atoms with Crippen LogP contribution >= 0.6 is 0 Å². The number of rotatable bonds is 2. The molecule has 7 nitrogen and oxygen atoms in total.